The summed E-state index contributed by atoms with van der Waals surface area (Å²) in [6, 6.07) is 9.15. The molecule has 5 rings (SSSR count). The van der Waals surface area contributed by atoms with Gasteiger partial charge in [0.15, 0.2) is 5.82 Å². The van der Waals surface area contributed by atoms with Crippen molar-refractivity contribution in [1.29, 1.82) is 0 Å². The van der Waals surface area contributed by atoms with E-state index in [2.05, 4.69) is 20.6 Å². The van der Waals surface area contributed by atoms with Gasteiger partial charge in [-0.15, -0.1) is 0 Å². The summed E-state index contributed by atoms with van der Waals surface area (Å²) in [5.74, 6) is -0.823. The zero-order chi connectivity index (χ0) is 25.3. The van der Waals surface area contributed by atoms with Crippen LogP contribution in [0.15, 0.2) is 48.8 Å². The van der Waals surface area contributed by atoms with Crippen LogP contribution in [0.3, 0.4) is 0 Å². The third kappa shape index (κ3) is 5.02. The third-order valence-electron chi connectivity index (χ3n) is 6.23. The van der Waals surface area contributed by atoms with Crippen LogP contribution in [0.1, 0.15) is 12.8 Å². The Bertz CT molecular complexity index is 1250. The number of aromatic nitrogens is 3. The first-order valence-corrected chi connectivity index (χ1v) is 11.5. The highest BCUT2D eigenvalue weighted by atomic mass is 19.4. The minimum Gasteiger partial charge on any atom is -0.382 e. The Morgan fingerprint density at radius 2 is 1.97 bits per heavy atom. The van der Waals surface area contributed by atoms with Crippen molar-refractivity contribution < 1.29 is 22.4 Å². The van der Waals surface area contributed by atoms with Gasteiger partial charge in [-0.05, 0) is 49.2 Å². The van der Waals surface area contributed by atoms with E-state index >= 15 is 0 Å². The van der Waals surface area contributed by atoms with Crippen molar-refractivity contribution in [2.75, 3.05) is 46.6 Å². The first-order valence-electron chi connectivity index (χ1n) is 11.5. The Morgan fingerprint density at radius 1 is 1.11 bits per heavy atom. The maximum Gasteiger partial charge on any atom is 0.393 e. The summed E-state index contributed by atoms with van der Waals surface area (Å²) in [6.07, 6.45) is -0.967. The Morgan fingerprint density at radius 3 is 2.72 bits per heavy atom. The molecule has 12 heteroatoms. The number of pyridine rings is 3. The third-order valence-corrected chi connectivity index (χ3v) is 6.23. The van der Waals surface area contributed by atoms with Crippen LogP contribution >= 0.6 is 0 Å². The van der Waals surface area contributed by atoms with E-state index in [1.807, 2.05) is 6.07 Å². The molecule has 0 spiro atoms. The van der Waals surface area contributed by atoms with Crippen molar-refractivity contribution in [3.8, 4) is 11.3 Å². The van der Waals surface area contributed by atoms with Crippen molar-refractivity contribution in [1.82, 2.24) is 15.0 Å². The standard InChI is InChI=1S/C24H23F4N7O/c25-17-2-5-20(31-13-17)33-23(36)35-10-1-8-29-19-4-3-18(32-22(19)35)15-6-9-30-21(12-15)34-11-7-16(14-34)24(26,27)28/h2-6,9,12-13,16,29H,1,7-8,10-11,14H2,(H,31,33,36). The molecule has 0 bridgehead atoms. The summed E-state index contributed by atoms with van der Waals surface area (Å²) in [5, 5.41) is 5.92. The lowest BCUT2D eigenvalue weighted by atomic mass is 10.1. The number of amides is 2. The molecule has 2 amide bonds. The molecule has 2 aliphatic rings. The van der Waals surface area contributed by atoms with Crippen molar-refractivity contribution >= 4 is 29.2 Å². The topological polar surface area (TPSA) is 86.3 Å². The molecule has 0 aromatic carbocycles. The number of nitrogens with zero attached hydrogens (tertiary/aromatic N) is 5. The molecule has 3 aromatic heterocycles. The summed E-state index contributed by atoms with van der Waals surface area (Å²) in [7, 11) is 0. The van der Waals surface area contributed by atoms with Gasteiger partial charge < -0.3 is 10.2 Å². The Kier molecular flexibility index (Phi) is 6.33. The monoisotopic (exact) mass is 501 g/mol. The SMILES string of the molecule is O=C(Nc1ccc(F)cn1)N1CCCNc2ccc(-c3ccnc(N4CCC(C(F)(F)F)C4)c3)nc21. The number of carbonyl (C=O) groups excluding carboxylic acids is 1. The number of nitrogens with one attached hydrogen (secondary N) is 2. The van der Waals surface area contributed by atoms with Gasteiger partial charge in [0.2, 0.25) is 0 Å². The Hall–Kier alpha value is -3.96. The number of hydrogen-bond acceptors (Lipinski definition) is 6. The van der Waals surface area contributed by atoms with Gasteiger partial charge in [-0.3, -0.25) is 10.2 Å². The summed E-state index contributed by atoms with van der Waals surface area (Å²) in [4.78, 5) is 29.0. The number of alkyl halides is 3. The molecular formula is C24H23F4N7O. The molecule has 1 fully saturated rings. The predicted octanol–water partition coefficient (Wildman–Crippen LogP) is 4.92. The second kappa shape index (κ2) is 9.59. The molecule has 0 saturated carbocycles. The minimum atomic E-state index is -4.23. The van der Waals surface area contributed by atoms with Crippen LogP contribution in [0.5, 0.6) is 0 Å². The maximum atomic E-state index is 13.2. The number of rotatable bonds is 3. The number of anilines is 4. The van der Waals surface area contributed by atoms with E-state index in [1.165, 1.54) is 17.0 Å². The summed E-state index contributed by atoms with van der Waals surface area (Å²) < 4.78 is 52.5. The smallest absolute Gasteiger partial charge is 0.382 e. The van der Waals surface area contributed by atoms with Crippen LogP contribution in [0.4, 0.5) is 45.5 Å². The molecule has 2 aliphatic heterocycles. The van der Waals surface area contributed by atoms with E-state index in [9.17, 15) is 22.4 Å². The van der Waals surface area contributed by atoms with Crippen LogP contribution < -0.4 is 20.4 Å². The van der Waals surface area contributed by atoms with Crippen molar-refractivity contribution in [2.45, 2.75) is 19.0 Å². The number of halogens is 4. The summed E-state index contributed by atoms with van der Waals surface area (Å²) >= 11 is 0. The summed E-state index contributed by atoms with van der Waals surface area (Å²) in [5.41, 5.74) is 1.88. The van der Waals surface area contributed by atoms with E-state index in [4.69, 9.17) is 4.98 Å². The zero-order valence-electron chi connectivity index (χ0n) is 19.1. The van der Waals surface area contributed by atoms with Crippen LogP contribution in [0.25, 0.3) is 11.3 Å². The van der Waals surface area contributed by atoms with Gasteiger partial charge in [0.05, 0.1) is 23.5 Å². The average molecular weight is 501 g/mol. The highest BCUT2D eigenvalue weighted by Gasteiger charge is 2.43. The van der Waals surface area contributed by atoms with Crippen molar-refractivity contribution in [3.05, 3.63) is 54.6 Å². The molecule has 3 aromatic rings. The first-order chi connectivity index (χ1) is 17.3. The largest absolute Gasteiger partial charge is 0.393 e. The van der Waals surface area contributed by atoms with E-state index in [0.29, 0.717) is 48.1 Å². The second-order valence-electron chi connectivity index (χ2n) is 8.67. The van der Waals surface area contributed by atoms with Crippen LogP contribution in [0.2, 0.25) is 0 Å². The van der Waals surface area contributed by atoms with Gasteiger partial charge in [0.1, 0.15) is 17.5 Å². The van der Waals surface area contributed by atoms with Gasteiger partial charge in [-0.2, -0.15) is 13.2 Å². The fourth-order valence-corrected chi connectivity index (χ4v) is 4.33. The minimum absolute atomic E-state index is 0.0329. The van der Waals surface area contributed by atoms with Crippen molar-refractivity contribution in [2.24, 2.45) is 5.92 Å². The lowest BCUT2D eigenvalue weighted by Gasteiger charge is -2.22. The highest BCUT2D eigenvalue weighted by molar-refractivity contribution is 6.02. The Balaban J connectivity index is 1.41. The van der Waals surface area contributed by atoms with Gasteiger partial charge in [-0.1, -0.05) is 0 Å². The molecule has 1 unspecified atom stereocenters. The second-order valence-corrected chi connectivity index (χ2v) is 8.67. The Labute approximate surface area is 204 Å². The molecule has 36 heavy (non-hydrogen) atoms. The fourth-order valence-electron chi connectivity index (χ4n) is 4.33. The molecule has 5 heterocycles. The molecule has 1 saturated heterocycles. The van der Waals surface area contributed by atoms with Crippen LogP contribution in [0, 0.1) is 11.7 Å². The summed E-state index contributed by atoms with van der Waals surface area (Å²) in [6.45, 7) is 1.17. The van der Waals surface area contributed by atoms with Crippen molar-refractivity contribution in [3.63, 3.8) is 0 Å². The van der Waals surface area contributed by atoms with Gasteiger partial charge in [-0.25, -0.2) is 24.1 Å². The average Bonchev–Trinajstić information content (AvgIpc) is 3.28. The molecule has 2 N–H and O–H groups in total. The number of fused-ring (bicyclic) bond motifs is 1. The molecule has 0 radical (unpaired) electrons. The molecule has 1 atom stereocenters. The molecule has 8 nitrogen and oxygen atoms in total. The molecule has 0 aliphatic carbocycles. The number of urea groups is 1. The van der Waals surface area contributed by atoms with E-state index < -0.39 is 23.9 Å². The van der Waals surface area contributed by atoms with Gasteiger partial charge >= 0.3 is 12.2 Å². The normalized spacial score (nSPS) is 17.8. The number of carbonyl (C=O) groups is 1. The molecular weight excluding hydrogens is 478 g/mol. The highest BCUT2D eigenvalue weighted by Crippen LogP contribution is 2.36. The number of hydrogen-bond donors (Lipinski definition) is 2. The molecule has 188 valence electrons. The first kappa shape index (κ1) is 23.8. The lowest BCUT2D eigenvalue weighted by molar-refractivity contribution is -0.168. The van der Waals surface area contributed by atoms with E-state index in [1.54, 1.807) is 29.3 Å². The van der Waals surface area contributed by atoms with Crippen LogP contribution in [-0.2, 0) is 0 Å². The van der Waals surface area contributed by atoms with E-state index in [0.717, 1.165) is 6.20 Å². The fraction of sp³-hybridized carbons (Fsp3) is 0.333. The quantitative estimate of drug-likeness (QED) is 0.496. The van der Waals surface area contributed by atoms with Crippen LogP contribution in [-0.4, -0.2) is 53.3 Å². The maximum absolute atomic E-state index is 13.2. The lowest BCUT2D eigenvalue weighted by Crippen LogP contribution is -2.36. The van der Waals surface area contributed by atoms with Gasteiger partial charge in [0.25, 0.3) is 0 Å². The zero-order valence-corrected chi connectivity index (χ0v) is 19.1. The van der Waals surface area contributed by atoms with E-state index in [-0.39, 0.29) is 25.3 Å². The predicted molar refractivity (Wildman–Crippen MR) is 128 cm³/mol. The van der Waals surface area contributed by atoms with Gasteiger partial charge in [0, 0.05) is 37.9 Å².